The van der Waals surface area contributed by atoms with Crippen molar-refractivity contribution >= 4 is 11.9 Å². The number of carbonyl (C=O) groups excluding carboxylic acids is 2. The molecule has 0 aliphatic carbocycles. The summed E-state index contributed by atoms with van der Waals surface area (Å²) in [5, 5.41) is 0. The maximum Gasteiger partial charge on any atom is 0.419 e. The van der Waals surface area contributed by atoms with E-state index in [0.717, 1.165) is 11.6 Å². The number of esters is 1. The molecule has 1 saturated heterocycles. The van der Waals surface area contributed by atoms with E-state index in [1.165, 1.54) is 30.0 Å². The molecule has 1 amide bonds. The first-order valence-electron chi connectivity index (χ1n) is 9.06. The van der Waals surface area contributed by atoms with Gasteiger partial charge in [-0.15, -0.1) is 0 Å². The normalized spacial score (nSPS) is 19.1. The van der Waals surface area contributed by atoms with E-state index in [1.54, 1.807) is 12.1 Å². The minimum Gasteiger partial charge on any atom is -0.488 e. The second kappa shape index (κ2) is 8.55. The number of halogens is 3. The van der Waals surface area contributed by atoms with Gasteiger partial charge in [0, 0.05) is 13.3 Å². The molecule has 1 heterocycles. The number of para-hydroxylation sites is 1. The van der Waals surface area contributed by atoms with Crippen LogP contribution in [0.5, 0.6) is 5.75 Å². The van der Waals surface area contributed by atoms with Gasteiger partial charge in [-0.1, -0.05) is 42.5 Å². The molecule has 1 fully saturated rings. The number of amides is 1. The topological polar surface area (TPSA) is 55.8 Å². The quantitative estimate of drug-likeness (QED) is 0.708. The Morgan fingerprint density at radius 3 is 2.38 bits per heavy atom. The van der Waals surface area contributed by atoms with E-state index < -0.39 is 29.9 Å². The maximum absolute atomic E-state index is 13.2. The van der Waals surface area contributed by atoms with Crippen molar-refractivity contribution in [2.45, 2.75) is 38.3 Å². The van der Waals surface area contributed by atoms with E-state index in [-0.39, 0.29) is 31.2 Å². The number of nitrogens with zero attached hydrogens (tertiary/aromatic N) is 1. The lowest BCUT2D eigenvalue weighted by molar-refractivity contribution is -0.154. The van der Waals surface area contributed by atoms with Crippen LogP contribution < -0.4 is 4.74 Å². The Morgan fingerprint density at radius 1 is 1.07 bits per heavy atom. The number of carbonyl (C=O) groups is 2. The van der Waals surface area contributed by atoms with Crippen molar-refractivity contribution in [2.24, 2.45) is 0 Å². The summed E-state index contributed by atoms with van der Waals surface area (Å²) in [5.41, 5.74) is -0.107. The van der Waals surface area contributed by atoms with Gasteiger partial charge in [-0.25, -0.2) is 4.79 Å². The fraction of sp³-hybridized carbons (Fsp3) is 0.333. The third-order valence-electron chi connectivity index (χ3n) is 4.65. The standard InChI is InChI=1S/C21H20F3NO4/c1-14(26)25-12-16(29-19-10-6-5-9-17(19)21(22,23)24)11-18(25)20(27)28-13-15-7-3-2-4-8-15/h2-10,16,18H,11-13H2,1H3. The van der Waals surface area contributed by atoms with Crippen LogP contribution in [-0.4, -0.2) is 35.5 Å². The number of likely N-dealkylation sites (tertiary alicyclic amines) is 1. The lowest BCUT2D eigenvalue weighted by Crippen LogP contribution is -2.40. The number of rotatable bonds is 5. The van der Waals surface area contributed by atoms with Crippen LogP contribution in [0.25, 0.3) is 0 Å². The highest BCUT2D eigenvalue weighted by Crippen LogP contribution is 2.37. The van der Waals surface area contributed by atoms with Crippen molar-refractivity contribution in [3.05, 3.63) is 65.7 Å². The van der Waals surface area contributed by atoms with Crippen LogP contribution >= 0.6 is 0 Å². The van der Waals surface area contributed by atoms with E-state index >= 15 is 0 Å². The smallest absolute Gasteiger partial charge is 0.419 e. The minimum atomic E-state index is -4.57. The largest absolute Gasteiger partial charge is 0.488 e. The fourth-order valence-corrected chi connectivity index (χ4v) is 3.26. The lowest BCUT2D eigenvalue weighted by Gasteiger charge is -2.21. The zero-order valence-electron chi connectivity index (χ0n) is 15.7. The van der Waals surface area contributed by atoms with Gasteiger partial charge in [0.15, 0.2) is 0 Å². The molecule has 0 N–H and O–H groups in total. The van der Waals surface area contributed by atoms with Gasteiger partial charge in [-0.2, -0.15) is 13.2 Å². The summed E-state index contributed by atoms with van der Waals surface area (Å²) < 4.78 is 50.4. The maximum atomic E-state index is 13.2. The molecule has 29 heavy (non-hydrogen) atoms. The summed E-state index contributed by atoms with van der Waals surface area (Å²) in [6.45, 7) is 1.35. The molecule has 0 aromatic heterocycles. The number of ether oxygens (including phenoxy) is 2. The fourth-order valence-electron chi connectivity index (χ4n) is 3.26. The summed E-state index contributed by atoms with van der Waals surface area (Å²) in [4.78, 5) is 25.7. The van der Waals surface area contributed by atoms with Gasteiger partial charge >= 0.3 is 12.1 Å². The first-order chi connectivity index (χ1) is 13.8. The van der Waals surface area contributed by atoms with Crippen LogP contribution in [0, 0.1) is 0 Å². The minimum absolute atomic E-state index is 0.00658. The molecule has 1 aliphatic heterocycles. The molecule has 1 aliphatic rings. The summed E-state index contributed by atoms with van der Waals surface area (Å²) in [5.74, 6) is -1.31. The summed E-state index contributed by atoms with van der Waals surface area (Å²) >= 11 is 0. The number of hydrogen-bond donors (Lipinski definition) is 0. The average molecular weight is 407 g/mol. The van der Waals surface area contributed by atoms with Gasteiger partial charge in [0.25, 0.3) is 0 Å². The average Bonchev–Trinajstić information content (AvgIpc) is 3.11. The Labute approximate surface area is 166 Å². The highest BCUT2D eigenvalue weighted by molar-refractivity contribution is 5.84. The molecule has 2 aromatic carbocycles. The van der Waals surface area contributed by atoms with Crippen LogP contribution in [0.3, 0.4) is 0 Å². The van der Waals surface area contributed by atoms with Crippen LogP contribution in [-0.2, 0) is 27.1 Å². The van der Waals surface area contributed by atoms with Gasteiger partial charge in [0.2, 0.25) is 5.91 Å². The zero-order chi connectivity index (χ0) is 21.0. The second-order valence-electron chi connectivity index (χ2n) is 6.75. The van der Waals surface area contributed by atoms with Gasteiger partial charge in [0.1, 0.15) is 24.5 Å². The number of benzene rings is 2. The number of hydrogen-bond acceptors (Lipinski definition) is 4. The van der Waals surface area contributed by atoms with Gasteiger partial charge in [0.05, 0.1) is 12.1 Å². The van der Waals surface area contributed by atoms with Crippen LogP contribution in [0.4, 0.5) is 13.2 Å². The third kappa shape index (κ3) is 5.07. The van der Waals surface area contributed by atoms with Crippen molar-refractivity contribution in [1.29, 1.82) is 0 Å². The highest BCUT2D eigenvalue weighted by Gasteiger charge is 2.42. The molecule has 2 atom stereocenters. The predicted molar refractivity (Wildman–Crippen MR) is 97.9 cm³/mol. The lowest BCUT2D eigenvalue weighted by atomic mass is 10.1. The predicted octanol–water partition coefficient (Wildman–Crippen LogP) is 3.82. The third-order valence-corrected chi connectivity index (χ3v) is 4.65. The monoisotopic (exact) mass is 407 g/mol. The summed E-state index contributed by atoms with van der Waals surface area (Å²) in [7, 11) is 0. The molecule has 2 unspecified atom stereocenters. The highest BCUT2D eigenvalue weighted by atomic mass is 19.4. The molecule has 0 bridgehead atoms. The first kappa shape index (κ1) is 20.7. The number of alkyl halides is 3. The van der Waals surface area contributed by atoms with Crippen LogP contribution in [0.2, 0.25) is 0 Å². The molecule has 2 aromatic rings. The molecule has 0 saturated carbocycles. The van der Waals surface area contributed by atoms with Gasteiger partial charge in [-0.05, 0) is 17.7 Å². The van der Waals surface area contributed by atoms with E-state index in [0.29, 0.717) is 0 Å². The molecular weight excluding hydrogens is 387 g/mol. The second-order valence-corrected chi connectivity index (χ2v) is 6.75. The van der Waals surface area contributed by atoms with Crippen molar-refractivity contribution in [3.8, 4) is 5.75 Å². The van der Waals surface area contributed by atoms with E-state index in [4.69, 9.17) is 9.47 Å². The first-order valence-corrected chi connectivity index (χ1v) is 9.06. The Kier molecular flexibility index (Phi) is 6.10. The van der Waals surface area contributed by atoms with E-state index in [2.05, 4.69) is 0 Å². The summed E-state index contributed by atoms with van der Waals surface area (Å²) in [6, 6.07) is 13.0. The molecule has 0 spiro atoms. The molecule has 154 valence electrons. The molecule has 3 rings (SSSR count). The Bertz CT molecular complexity index is 870. The van der Waals surface area contributed by atoms with Crippen molar-refractivity contribution in [1.82, 2.24) is 4.90 Å². The van der Waals surface area contributed by atoms with Crippen LogP contribution in [0.15, 0.2) is 54.6 Å². The summed E-state index contributed by atoms with van der Waals surface area (Å²) in [6.07, 6.45) is -5.26. The Hall–Kier alpha value is -3.03. The van der Waals surface area contributed by atoms with Gasteiger partial charge in [-0.3, -0.25) is 4.79 Å². The molecule has 5 nitrogen and oxygen atoms in total. The van der Waals surface area contributed by atoms with Crippen molar-refractivity contribution in [2.75, 3.05) is 6.54 Å². The Balaban J connectivity index is 1.69. The van der Waals surface area contributed by atoms with Gasteiger partial charge < -0.3 is 14.4 Å². The van der Waals surface area contributed by atoms with E-state index in [1.807, 2.05) is 18.2 Å². The zero-order valence-corrected chi connectivity index (χ0v) is 15.7. The van der Waals surface area contributed by atoms with Crippen molar-refractivity contribution in [3.63, 3.8) is 0 Å². The molecular formula is C21H20F3NO4. The Morgan fingerprint density at radius 2 is 1.72 bits per heavy atom. The molecule has 0 radical (unpaired) electrons. The van der Waals surface area contributed by atoms with Crippen LogP contribution in [0.1, 0.15) is 24.5 Å². The van der Waals surface area contributed by atoms with Crippen molar-refractivity contribution < 1.29 is 32.2 Å². The van der Waals surface area contributed by atoms with E-state index in [9.17, 15) is 22.8 Å². The SMILES string of the molecule is CC(=O)N1CC(Oc2ccccc2C(F)(F)F)CC1C(=O)OCc1ccccc1. The molecule has 8 heteroatoms.